The van der Waals surface area contributed by atoms with E-state index in [2.05, 4.69) is 10.3 Å². The molecule has 1 heterocycles. The number of hydrogen-bond acceptors (Lipinski definition) is 4. The van der Waals surface area contributed by atoms with Gasteiger partial charge in [0.25, 0.3) is 0 Å². The second-order valence-electron chi connectivity index (χ2n) is 4.67. The summed E-state index contributed by atoms with van der Waals surface area (Å²) in [6.07, 6.45) is 6.62. The molecular formula is C15H20N4O2. The summed E-state index contributed by atoms with van der Waals surface area (Å²) in [5.74, 6) is 0.674. The van der Waals surface area contributed by atoms with Crippen molar-refractivity contribution < 1.29 is 9.53 Å². The molecule has 1 amide bonds. The van der Waals surface area contributed by atoms with E-state index in [1.54, 1.807) is 24.7 Å². The van der Waals surface area contributed by atoms with Gasteiger partial charge in [0, 0.05) is 37.2 Å². The quantitative estimate of drug-likeness (QED) is 0.569. The first-order valence-electron chi connectivity index (χ1n) is 6.95. The molecule has 0 aliphatic carbocycles. The lowest BCUT2D eigenvalue weighted by molar-refractivity contribution is -0.121. The molecule has 112 valence electrons. The Morgan fingerprint density at radius 3 is 3.10 bits per heavy atom. The van der Waals surface area contributed by atoms with Crippen molar-refractivity contribution in [3.8, 4) is 5.75 Å². The van der Waals surface area contributed by atoms with Crippen molar-refractivity contribution in [2.45, 2.75) is 19.4 Å². The van der Waals surface area contributed by atoms with Gasteiger partial charge < -0.3 is 20.4 Å². The maximum atomic E-state index is 11.6. The van der Waals surface area contributed by atoms with E-state index in [0.29, 0.717) is 31.0 Å². The van der Waals surface area contributed by atoms with Crippen LogP contribution in [0.15, 0.2) is 43.0 Å². The summed E-state index contributed by atoms with van der Waals surface area (Å²) in [5.41, 5.74) is 6.30. The molecule has 6 heteroatoms. The Bertz CT molecular complexity index is 555. The van der Waals surface area contributed by atoms with Crippen LogP contribution in [0.2, 0.25) is 0 Å². The smallest absolute Gasteiger partial charge is 0.223 e. The average Bonchev–Trinajstić information content (AvgIpc) is 2.97. The Balaban J connectivity index is 1.55. The van der Waals surface area contributed by atoms with Crippen LogP contribution in [0.25, 0.3) is 0 Å². The number of nitrogens with two attached hydrogens (primary N) is 1. The van der Waals surface area contributed by atoms with Crippen molar-refractivity contribution in [2.24, 2.45) is 0 Å². The molecule has 0 bridgehead atoms. The van der Waals surface area contributed by atoms with Gasteiger partial charge in [-0.25, -0.2) is 4.98 Å². The molecule has 0 aliphatic rings. The van der Waals surface area contributed by atoms with Gasteiger partial charge in [0.05, 0.1) is 19.4 Å². The van der Waals surface area contributed by atoms with E-state index in [4.69, 9.17) is 10.5 Å². The molecular weight excluding hydrogens is 268 g/mol. The summed E-state index contributed by atoms with van der Waals surface area (Å²) in [5, 5.41) is 2.87. The number of nitrogens with one attached hydrogen (secondary N) is 1. The molecule has 2 aromatic rings. The molecule has 6 nitrogen and oxygen atoms in total. The largest absolute Gasteiger partial charge is 0.493 e. The van der Waals surface area contributed by atoms with Crippen LogP contribution in [0, 0.1) is 0 Å². The maximum absolute atomic E-state index is 11.6. The number of imidazole rings is 1. The lowest BCUT2D eigenvalue weighted by Gasteiger charge is -2.08. The van der Waals surface area contributed by atoms with Gasteiger partial charge in [-0.05, 0) is 18.6 Å². The van der Waals surface area contributed by atoms with Crippen LogP contribution in [0.1, 0.15) is 12.8 Å². The summed E-state index contributed by atoms with van der Waals surface area (Å²) < 4.78 is 7.45. The number of benzene rings is 1. The van der Waals surface area contributed by atoms with Crippen LogP contribution in [-0.2, 0) is 11.3 Å². The Morgan fingerprint density at radius 1 is 1.43 bits per heavy atom. The minimum atomic E-state index is -0.00969. The van der Waals surface area contributed by atoms with Gasteiger partial charge in [-0.1, -0.05) is 6.07 Å². The summed E-state index contributed by atoms with van der Waals surface area (Å²) in [6.45, 7) is 1.84. The number of carbonyl (C=O) groups excluding carboxylic acids is 1. The fraction of sp³-hybridized carbons (Fsp3) is 0.333. The van der Waals surface area contributed by atoms with E-state index in [-0.39, 0.29) is 5.91 Å². The number of rotatable bonds is 8. The molecule has 0 radical (unpaired) electrons. The fourth-order valence-electron chi connectivity index (χ4n) is 1.86. The Labute approximate surface area is 123 Å². The third-order valence-corrected chi connectivity index (χ3v) is 2.93. The Kier molecular flexibility index (Phi) is 5.63. The van der Waals surface area contributed by atoms with Crippen molar-refractivity contribution in [1.29, 1.82) is 0 Å². The summed E-state index contributed by atoms with van der Waals surface area (Å²) in [4.78, 5) is 15.6. The van der Waals surface area contributed by atoms with Crippen molar-refractivity contribution in [1.82, 2.24) is 14.9 Å². The van der Waals surface area contributed by atoms with Gasteiger partial charge in [-0.3, -0.25) is 4.79 Å². The van der Waals surface area contributed by atoms with E-state index in [0.717, 1.165) is 13.0 Å². The third-order valence-electron chi connectivity index (χ3n) is 2.93. The van der Waals surface area contributed by atoms with E-state index in [1.807, 2.05) is 22.9 Å². The summed E-state index contributed by atoms with van der Waals surface area (Å²) in [7, 11) is 0. The van der Waals surface area contributed by atoms with Crippen LogP contribution in [0.5, 0.6) is 5.75 Å². The summed E-state index contributed by atoms with van der Waals surface area (Å²) in [6, 6.07) is 7.17. The molecule has 2 rings (SSSR count). The van der Waals surface area contributed by atoms with E-state index < -0.39 is 0 Å². The Morgan fingerprint density at radius 2 is 2.33 bits per heavy atom. The van der Waals surface area contributed by atoms with Crippen molar-refractivity contribution >= 4 is 11.6 Å². The first kappa shape index (κ1) is 14.9. The lowest BCUT2D eigenvalue weighted by atomic mass is 10.3. The van der Waals surface area contributed by atoms with Crippen LogP contribution in [-0.4, -0.2) is 28.6 Å². The molecule has 0 spiro atoms. The van der Waals surface area contributed by atoms with Gasteiger partial charge in [-0.15, -0.1) is 0 Å². The highest BCUT2D eigenvalue weighted by Crippen LogP contribution is 2.14. The molecule has 1 aromatic heterocycles. The highest BCUT2D eigenvalue weighted by molar-refractivity contribution is 5.75. The Hall–Kier alpha value is -2.50. The fourth-order valence-corrected chi connectivity index (χ4v) is 1.86. The summed E-state index contributed by atoms with van der Waals surface area (Å²) >= 11 is 0. The van der Waals surface area contributed by atoms with Gasteiger partial charge in [0.2, 0.25) is 5.91 Å². The van der Waals surface area contributed by atoms with Gasteiger partial charge >= 0.3 is 0 Å². The number of anilines is 1. The number of nitrogens with zero attached hydrogens (tertiary/aromatic N) is 2. The van der Waals surface area contributed by atoms with Crippen LogP contribution in [0.4, 0.5) is 5.69 Å². The average molecular weight is 288 g/mol. The first-order valence-corrected chi connectivity index (χ1v) is 6.95. The number of amides is 1. The van der Waals surface area contributed by atoms with Crippen molar-refractivity contribution in [3.63, 3.8) is 0 Å². The zero-order valence-corrected chi connectivity index (χ0v) is 11.9. The van der Waals surface area contributed by atoms with Crippen LogP contribution >= 0.6 is 0 Å². The molecule has 0 aliphatic heterocycles. The standard InChI is InChI=1S/C15H20N4O2/c16-13-3-1-4-14(11-13)21-10-5-15(20)18-6-2-8-19-9-7-17-12-19/h1,3-4,7,9,11-12H,2,5-6,8,10,16H2,(H,18,20). The topological polar surface area (TPSA) is 82.2 Å². The van der Waals surface area contributed by atoms with Crippen molar-refractivity contribution in [2.75, 3.05) is 18.9 Å². The van der Waals surface area contributed by atoms with Gasteiger partial charge in [-0.2, -0.15) is 0 Å². The predicted molar refractivity (Wildman–Crippen MR) is 80.8 cm³/mol. The number of aromatic nitrogens is 2. The highest BCUT2D eigenvalue weighted by Gasteiger charge is 2.02. The monoisotopic (exact) mass is 288 g/mol. The van der Waals surface area contributed by atoms with E-state index in [9.17, 15) is 4.79 Å². The maximum Gasteiger partial charge on any atom is 0.223 e. The van der Waals surface area contributed by atoms with Gasteiger partial charge in [0.15, 0.2) is 0 Å². The lowest BCUT2D eigenvalue weighted by Crippen LogP contribution is -2.26. The minimum absolute atomic E-state index is 0.00969. The minimum Gasteiger partial charge on any atom is -0.493 e. The van der Waals surface area contributed by atoms with Gasteiger partial charge in [0.1, 0.15) is 5.75 Å². The normalized spacial score (nSPS) is 10.3. The third kappa shape index (κ3) is 5.56. The van der Waals surface area contributed by atoms with Crippen molar-refractivity contribution in [3.05, 3.63) is 43.0 Å². The second-order valence-corrected chi connectivity index (χ2v) is 4.67. The predicted octanol–water partition coefficient (Wildman–Crippen LogP) is 1.44. The highest BCUT2D eigenvalue weighted by atomic mass is 16.5. The SMILES string of the molecule is Nc1cccc(OCCC(=O)NCCCn2ccnc2)c1. The van der Waals surface area contributed by atoms with Crippen LogP contribution < -0.4 is 15.8 Å². The second kappa shape index (κ2) is 7.94. The number of carbonyl (C=O) groups is 1. The molecule has 0 atom stereocenters. The number of aryl methyl sites for hydroxylation is 1. The van der Waals surface area contributed by atoms with Crippen LogP contribution in [0.3, 0.4) is 0 Å². The molecule has 0 unspecified atom stereocenters. The molecule has 1 aromatic carbocycles. The molecule has 21 heavy (non-hydrogen) atoms. The molecule has 0 saturated heterocycles. The number of nitrogen functional groups attached to an aromatic ring is 1. The zero-order chi connectivity index (χ0) is 14.9. The molecule has 0 fully saturated rings. The molecule has 0 saturated carbocycles. The van der Waals surface area contributed by atoms with E-state index >= 15 is 0 Å². The first-order chi connectivity index (χ1) is 10.2. The number of hydrogen-bond donors (Lipinski definition) is 2. The zero-order valence-electron chi connectivity index (χ0n) is 11.9. The molecule has 3 N–H and O–H groups in total. The number of ether oxygens (including phenoxy) is 1. The van der Waals surface area contributed by atoms with E-state index in [1.165, 1.54) is 0 Å².